The molecule has 1 aliphatic heterocycles. The van der Waals surface area contributed by atoms with Crippen LogP contribution in [-0.4, -0.2) is 19.1 Å². The van der Waals surface area contributed by atoms with Gasteiger partial charge in [0.1, 0.15) is 13.2 Å². The molecule has 0 saturated carbocycles. The first kappa shape index (κ1) is 13.8. The molecule has 0 aliphatic carbocycles. The Bertz CT molecular complexity index is 655. The average molecular weight is 304 g/mol. The molecule has 3 rings (SSSR count). The predicted molar refractivity (Wildman–Crippen MR) is 81.4 cm³/mol. The van der Waals surface area contributed by atoms with Gasteiger partial charge in [-0.05, 0) is 29.8 Å². The molecule has 0 fully saturated rings. The Balaban J connectivity index is 1.74. The predicted octanol–water partition coefficient (Wildman–Crippen LogP) is 3.45. The second-order valence-electron chi connectivity index (χ2n) is 4.64. The maximum atomic E-state index is 12.2. The highest BCUT2D eigenvalue weighted by Gasteiger charge is 2.13. The molecule has 0 saturated heterocycles. The summed E-state index contributed by atoms with van der Waals surface area (Å²) >= 11 is 5.73. The molecule has 21 heavy (non-hydrogen) atoms. The van der Waals surface area contributed by atoms with Crippen molar-refractivity contribution in [1.82, 2.24) is 0 Å². The number of anilines is 1. The van der Waals surface area contributed by atoms with Crippen molar-refractivity contribution in [2.45, 2.75) is 5.88 Å². The zero-order valence-electron chi connectivity index (χ0n) is 11.3. The van der Waals surface area contributed by atoms with E-state index in [0.29, 0.717) is 41.8 Å². The minimum atomic E-state index is -0.173. The molecule has 1 N–H and O–H groups in total. The first-order valence-corrected chi connectivity index (χ1v) is 7.15. The normalized spacial score (nSPS) is 12.8. The lowest BCUT2D eigenvalue weighted by molar-refractivity contribution is 0.102. The van der Waals surface area contributed by atoms with Crippen LogP contribution < -0.4 is 14.8 Å². The average Bonchev–Trinajstić information content (AvgIpc) is 2.55. The Morgan fingerprint density at radius 3 is 2.48 bits per heavy atom. The van der Waals surface area contributed by atoms with E-state index >= 15 is 0 Å². The van der Waals surface area contributed by atoms with Crippen molar-refractivity contribution in [1.29, 1.82) is 0 Å². The van der Waals surface area contributed by atoms with Gasteiger partial charge in [-0.3, -0.25) is 4.79 Å². The number of hydrogen-bond donors (Lipinski definition) is 1. The lowest BCUT2D eigenvalue weighted by Crippen LogP contribution is -2.16. The Labute approximate surface area is 127 Å². The Morgan fingerprint density at radius 1 is 1.05 bits per heavy atom. The van der Waals surface area contributed by atoms with Gasteiger partial charge in [0.25, 0.3) is 5.91 Å². The number of carbonyl (C=O) groups excluding carboxylic acids is 1. The molecule has 2 aromatic carbocycles. The fourth-order valence-corrected chi connectivity index (χ4v) is 2.25. The molecule has 2 aromatic rings. The number of ether oxygens (including phenoxy) is 2. The van der Waals surface area contributed by atoms with Crippen LogP contribution in [0.5, 0.6) is 11.5 Å². The third-order valence-corrected chi connectivity index (χ3v) is 3.48. The van der Waals surface area contributed by atoms with E-state index in [0.717, 1.165) is 5.56 Å². The molecule has 1 heterocycles. The van der Waals surface area contributed by atoms with Crippen LogP contribution in [0.3, 0.4) is 0 Å². The number of benzene rings is 2. The van der Waals surface area contributed by atoms with Gasteiger partial charge in [-0.25, -0.2) is 0 Å². The summed E-state index contributed by atoms with van der Waals surface area (Å²) < 4.78 is 10.9. The fourth-order valence-electron chi connectivity index (χ4n) is 2.07. The van der Waals surface area contributed by atoms with E-state index in [1.54, 1.807) is 30.3 Å². The number of fused-ring (bicyclic) bond motifs is 1. The SMILES string of the molecule is O=C(Nc1ccc2c(c1)OCCO2)c1ccc(CCl)cc1. The van der Waals surface area contributed by atoms with Gasteiger partial charge >= 0.3 is 0 Å². The highest BCUT2D eigenvalue weighted by molar-refractivity contribution is 6.17. The van der Waals surface area contributed by atoms with Gasteiger partial charge in [-0.1, -0.05) is 12.1 Å². The monoisotopic (exact) mass is 303 g/mol. The summed E-state index contributed by atoms with van der Waals surface area (Å²) in [6, 6.07) is 12.5. The molecule has 1 amide bonds. The van der Waals surface area contributed by atoms with E-state index in [1.807, 2.05) is 12.1 Å². The highest BCUT2D eigenvalue weighted by atomic mass is 35.5. The van der Waals surface area contributed by atoms with Crippen molar-refractivity contribution in [3.05, 3.63) is 53.6 Å². The van der Waals surface area contributed by atoms with Crippen molar-refractivity contribution in [3.8, 4) is 11.5 Å². The van der Waals surface area contributed by atoms with Crippen molar-refractivity contribution in [2.75, 3.05) is 18.5 Å². The van der Waals surface area contributed by atoms with Gasteiger partial charge in [0.2, 0.25) is 0 Å². The molecule has 1 aliphatic rings. The number of nitrogens with one attached hydrogen (secondary N) is 1. The second-order valence-corrected chi connectivity index (χ2v) is 4.91. The summed E-state index contributed by atoms with van der Waals surface area (Å²) in [7, 11) is 0. The number of carbonyl (C=O) groups is 1. The second kappa shape index (κ2) is 6.06. The van der Waals surface area contributed by atoms with Gasteiger partial charge in [-0.2, -0.15) is 0 Å². The lowest BCUT2D eigenvalue weighted by Gasteiger charge is -2.19. The van der Waals surface area contributed by atoms with E-state index < -0.39 is 0 Å². The number of hydrogen-bond acceptors (Lipinski definition) is 3. The summed E-state index contributed by atoms with van der Waals surface area (Å²) in [5.74, 6) is 1.61. The smallest absolute Gasteiger partial charge is 0.255 e. The van der Waals surface area contributed by atoms with E-state index in [4.69, 9.17) is 21.1 Å². The number of alkyl halides is 1. The van der Waals surface area contributed by atoms with Crippen LogP contribution in [0.1, 0.15) is 15.9 Å². The van der Waals surface area contributed by atoms with Crippen molar-refractivity contribution in [3.63, 3.8) is 0 Å². The molecule has 0 spiro atoms. The van der Waals surface area contributed by atoms with E-state index in [9.17, 15) is 4.79 Å². The maximum Gasteiger partial charge on any atom is 0.255 e. The van der Waals surface area contributed by atoms with Crippen molar-refractivity contribution < 1.29 is 14.3 Å². The van der Waals surface area contributed by atoms with Crippen LogP contribution in [0.2, 0.25) is 0 Å². The zero-order chi connectivity index (χ0) is 14.7. The molecule has 5 heteroatoms. The number of amides is 1. The Morgan fingerprint density at radius 2 is 1.76 bits per heavy atom. The number of rotatable bonds is 3. The number of halogens is 1. The van der Waals surface area contributed by atoms with Gasteiger partial charge in [-0.15, -0.1) is 11.6 Å². The van der Waals surface area contributed by atoms with E-state index in [-0.39, 0.29) is 5.91 Å². The zero-order valence-corrected chi connectivity index (χ0v) is 12.0. The first-order valence-electron chi connectivity index (χ1n) is 6.62. The molecule has 4 nitrogen and oxygen atoms in total. The maximum absolute atomic E-state index is 12.2. The Hall–Kier alpha value is -2.20. The standard InChI is InChI=1S/C16H14ClNO3/c17-10-11-1-3-12(4-2-11)16(19)18-13-5-6-14-15(9-13)21-8-7-20-14/h1-6,9H,7-8,10H2,(H,18,19). The molecule has 108 valence electrons. The van der Waals surface area contributed by atoms with E-state index in [1.165, 1.54) is 0 Å². The topological polar surface area (TPSA) is 47.6 Å². The molecule has 0 radical (unpaired) electrons. The highest BCUT2D eigenvalue weighted by Crippen LogP contribution is 2.32. The quantitative estimate of drug-likeness (QED) is 0.884. The van der Waals surface area contributed by atoms with Crippen LogP contribution in [0, 0.1) is 0 Å². The van der Waals surface area contributed by atoms with E-state index in [2.05, 4.69) is 5.32 Å². The molecule has 0 atom stereocenters. The summed E-state index contributed by atoms with van der Waals surface area (Å²) in [5.41, 5.74) is 2.23. The molecule has 0 aromatic heterocycles. The molecule has 0 bridgehead atoms. The van der Waals surface area contributed by atoms with Gasteiger partial charge in [0.15, 0.2) is 11.5 Å². The van der Waals surface area contributed by atoms with Crippen molar-refractivity contribution in [2.24, 2.45) is 0 Å². The van der Waals surface area contributed by atoms with Gasteiger partial charge < -0.3 is 14.8 Å². The summed E-state index contributed by atoms with van der Waals surface area (Å²) in [6.07, 6.45) is 0. The molecular weight excluding hydrogens is 290 g/mol. The summed E-state index contributed by atoms with van der Waals surface area (Å²) in [6.45, 7) is 1.07. The van der Waals surface area contributed by atoms with Gasteiger partial charge in [0, 0.05) is 23.2 Å². The minimum absolute atomic E-state index is 0.173. The van der Waals surface area contributed by atoms with Crippen molar-refractivity contribution >= 4 is 23.2 Å². The minimum Gasteiger partial charge on any atom is -0.486 e. The van der Waals surface area contributed by atoms with Crippen LogP contribution in [0.4, 0.5) is 5.69 Å². The fraction of sp³-hybridized carbons (Fsp3) is 0.188. The van der Waals surface area contributed by atoms with Crippen LogP contribution >= 0.6 is 11.6 Å². The summed E-state index contributed by atoms with van der Waals surface area (Å²) in [5, 5.41) is 2.84. The van der Waals surface area contributed by atoms with Crippen LogP contribution in [0.15, 0.2) is 42.5 Å². The van der Waals surface area contributed by atoms with Crippen LogP contribution in [-0.2, 0) is 5.88 Å². The van der Waals surface area contributed by atoms with Crippen LogP contribution in [0.25, 0.3) is 0 Å². The first-order chi connectivity index (χ1) is 10.3. The third-order valence-electron chi connectivity index (χ3n) is 3.17. The molecule has 0 unspecified atom stereocenters. The van der Waals surface area contributed by atoms with Gasteiger partial charge in [0.05, 0.1) is 0 Å². The largest absolute Gasteiger partial charge is 0.486 e. The third kappa shape index (κ3) is 3.11. The Kier molecular flexibility index (Phi) is 3.97. The summed E-state index contributed by atoms with van der Waals surface area (Å²) in [4.78, 5) is 12.2. The lowest BCUT2D eigenvalue weighted by atomic mass is 10.1. The molecular formula is C16H14ClNO3.